The van der Waals surface area contributed by atoms with Gasteiger partial charge in [0.15, 0.2) is 0 Å². The van der Waals surface area contributed by atoms with Crippen LogP contribution in [0.4, 0.5) is 0 Å². The van der Waals surface area contributed by atoms with Crippen molar-refractivity contribution < 1.29 is 4.74 Å². The van der Waals surface area contributed by atoms with Gasteiger partial charge in [-0.3, -0.25) is 0 Å². The maximum atomic E-state index is 5.82. The van der Waals surface area contributed by atoms with Crippen molar-refractivity contribution >= 4 is 22.4 Å². The summed E-state index contributed by atoms with van der Waals surface area (Å²) in [6.07, 6.45) is 1.76. The summed E-state index contributed by atoms with van der Waals surface area (Å²) < 4.78 is 5.17. The summed E-state index contributed by atoms with van der Waals surface area (Å²) in [7, 11) is 1.62. The van der Waals surface area contributed by atoms with Gasteiger partial charge in [0.05, 0.1) is 7.11 Å². The van der Waals surface area contributed by atoms with Crippen LogP contribution in [0.1, 0.15) is 5.56 Å². The van der Waals surface area contributed by atoms with Gasteiger partial charge in [0.1, 0.15) is 0 Å². The molecule has 0 spiro atoms. The second kappa shape index (κ2) is 3.84. The number of fused-ring (bicyclic) bond motifs is 1. The number of ether oxygens (including phenoxy) is 1. The number of benzene rings is 1. The fraction of sp³-hybridized carbons (Fsp3) is 0.182. The first-order valence-electron chi connectivity index (χ1n) is 4.33. The lowest BCUT2D eigenvalue weighted by Crippen LogP contribution is -1.91. The van der Waals surface area contributed by atoms with E-state index in [2.05, 4.69) is 4.98 Å². The summed E-state index contributed by atoms with van der Waals surface area (Å²) in [5, 5.41) is 2.11. The van der Waals surface area contributed by atoms with Crippen molar-refractivity contribution in [3.63, 3.8) is 0 Å². The molecule has 2 aromatic rings. The highest BCUT2D eigenvalue weighted by Gasteiger charge is 2.05. The van der Waals surface area contributed by atoms with Crippen LogP contribution in [0.25, 0.3) is 10.8 Å². The molecule has 0 atom stereocenters. The Labute approximate surface area is 87.5 Å². The molecule has 0 amide bonds. The highest BCUT2D eigenvalue weighted by atomic mass is 35.5. The molecule has 3 heteroatoms. The number of pyridine rings is 1. The van der Waals surface area contributed by atoms with Gasteiger partial charge >= 0.3 is 0 Å². The van der Waals surface area contributed by atoms with E-state index in [-0.39, 0.29) is 0 Å². The van der Waals surface area contributed by atoms with Crippen LogP contribution in [0.5, 0.6) is 5.88 Å². The van der Waals surface area contributed by atoms with Crippen molar-refractivity contribution in [1.82, 2.24) is 4.98 Å². The molecule has 0 saturated heterocycles. The van der Waals surface area contributed by atoms with E-state index in [0.717, 1.165) is 16.3 Å². The molecule has 2 rings (SSSR count). The quantitative estimate of drug-likeness (QED) is 0.707. The predicted molar refractivity (Wildman–Crippen MR) is 57.9 cm³/mol. The zero-order valence-electron chi connectivity index (χ0n) is 7.83. The van der Waals surface area contributed by atoms with Crippen molar-refractivity contribution in [2.45, 2.75) is 5.88 Å². The molecular formula is C11H10ClNO. The average Bonchev–Trinajstić information content (AvgIpc) is 2.27. The Balaban J connectivity index is 2.78. The minimum absolute atomic E-state index is 0.470. The van der Waals surface area contributed by atoms with Crippen molar-refractivity contribution in [2.24, 2.45) is 0 Å². The lowest BCUT2D eigenvalue weighted by molar-refractivity contribution is 0.403. The van der Waals surface area contributed by atoms with E-state index >= 15 is 0 Å². The van der Waals surface area contributed by atoms with E-state index in [1.54, 1.807) is 13.3 Å². The molecule has 1 aromatic heterocycles. The average molecular weight is 208 g/mol. The number of nitrogens with zero attached hydrogens (tertiary/aromatic N) is 1. The Morgan fingerprint density at radius 2 is 2.00 bits per heavy atom. The molecular weight excluding hydrogens is 198 g/mol. The maximum absolute atomic E-state index is 5.82. The Morgan fingerprint density at radius 3 is 2.64 bits per heavy atom. The smallest absolute Gasteiger partial charge is 0.221 e. The number of hydrogen-bond acceptors (Lipinski definition) is 2. The number of methoxy groups -OCH3 is 1. The zero-order valence-corrected chi connectivity index (χ0v) is 8.58. The van der Waals surface area contributed by atoms with E-state index in [1.165, 1.54) is 0 Å². The molecule has 0 N–H and O–H groups in total. The second-order valence-electron chi connectivity index (χ2n) is 2.97. The molecule has 0 fully saturated rings. The normalized spacial score (nSPS) is 10.4. The zero-order chi connectivity index (χ0) is 9.97. The largest absolute Gasteiger partial charge is 0.481 e. The molecule has 1 aromatic carbocycles. The number of hydrogen-bond donors (Lipinski definition) is 0. The van der Waals surface area contributed by atoms with Crippen LogP contribution in [-0.4, -0.2) is 12.1 Å². The molecule has 1 heterocycles. The standard InChI is InChI=1S/C11H10ClNO/c1-14-11-10-5-3-2-4-9(10)8(6-12)7-13-11/h2-5,7H,6H2,1H3. The number of alkyl halides is 1. The fourth-order valence-corrected chi connectivity index (χ4v) is 1.71. The first-order chi connectivity index (χ1) is 6.86. The third kappa shape index (κ3) is 1.42. The Kier molecular flexibility index (Phi) is 2.55. The van der Waals surface area contributed by atoms with Crippen molar-refractivity contribution in [3.05, 3.63) is 36.0 Å². The minimum Gasteiger partial charge on any atom is -0.481 e. The topological polar surface area (TPSA) is 22.1 Å². The van der Waals surface area contributed by atoms with Crippen LogP contribution in [-0.2, 0) is 5.88 Å². The molecule has 14 heavy (non-hydrogen) atoms. The fourth-order valence-electron chi connectivity index (χ4n) is 1.49. The van der Waals surface area contributed by atoms with Crippen LogP contribution in [0.15, 0.2) is 30.5 Å². The summed E-state index contributed by atoms with van der Waals surface area (Å²) in [4.78, 5) is 4.19. The Hall–Kier alpha value is -1.28. The highest BCUT2D eigenvalue weighted by Crippen LogP contribution is 2.26. The first-order valence-corrected chi connectivity index (χ1v) is 4.87. The second-order valence-corrected chi connectivity index (χ2v) is 3.24. The molecule has 0 unspecified atom stereocenters. The monoisotopic (exact) mass is 207 g/mol. The summed E-state index contributed by atoms with van der Waals surface area (Å²) in [5.41, 5.74) is 1.03. The number of rotatable bonds is 2. The molecule has 0 aliphatic rings. The molecule has 0 aliphatic heterocycles. The molecule has 0 radical (unpaired) electrons. The minimum atomic E-state index is 0.470. The van der Waals surface area contributed by atoms with E-state index in [0.29, 0.717) is 11.8 Å². The van der Waals surface area contributed by atoms with Gasteiger partial charge in [-0.2, -0.15) is 0 Å². The lowest BCUT2D eigenvalue weighted by atomic mass is 10.1. The van der Waals surface area contributed by atoms with Crippen LogP contribution < -0.4 is 4.74 Å². The third-order valence-electron chi connectivity index (χ3n) is 2.18. The SMILES string of the molecule is COc1ncc(CCl)c2ccccc12. The van der Waals surface area contributed by atoms with Gasteiger partial charge in [-0.15, -0.1) is 11.6 Å². The van der Waals surface area contributed by atoms with Crippen LogP contribution >= 0.6 is 11.6 Å². The van der Waals surface area contributed by atoms with Gasteiger partial charge in [0.25, 0.3) is 0 Å². The van der Waals surface area contributed by atoms with Gasteiger partial charge in [-0.05, 0) is 17.0 Å². The van der Waals surface area contributed by atoms with E-state index in [9.17, 15) is 0 Å². The molecule has 0 saturated carbocycles. The van der Waals surface area contributed by atoms with E-state index in [1.807, 2.05) is 24.3 Å². The summed E-state index contributed by atoms with van der Waals surface area (Å²) in [6, 6.07) is 7.96. The van der Waals surface area contributed by atoms with Gasteiger partial charge in [-0.1, -0.05) is 18.2 Å². The summed E-state index contributed by atoms with van der Waals surface area (Å²) in [6.45, 7) is 0. The first kappa shape index (κ1) is 9.28. The van der Waals surface area contributed by atoms with Crippen molar-refractivity contribution in [2.75, 3.05) is 7.11 Å². The molecule has 72 valence electrons. The van der Waals surface area contributed by atoms with Crippen LogP contribution in [0.2, 0.25) is 0 Å². The predicted octanol–water partition coefficient (Wildman–Crippen LogP) is 2.98. The number of aromatic nitrogens is 1. The van der Waals surface area contributed by atoms with Gasteiger partial charge < -0.3 is 4.74 Å². The Morgan fingerprint density at radius 1 is 1.29 bits per heavy atom. The van der Waals surface area contributed by atoms with Crippen LogP contribution in [0, 0.1) is 0 Å². The van der Waals surface area contributed by atoms with Crippen molar-refractivity contribution in [3.8, 4) is 5.88 Å². The molecule has 0 aliphatic carbocycles. The van der Waals surface area contributed by atoms with Gasteiger partial charge in [-0.25, -0.2) is 4.98 Å². The molecule has 2 nitrogen and oxygen atoms in total. The van der Waals surface area contributed by atoms with Gasteiger partial charge in [0, 0.05) is 17.5 Å². The summed E-state index contributed by atoms with van der Waals surface area (Å²) in [5.74, 6) is 1.12. The van der Waals surface area contributed by atoms with E-state index in [4.69, 9.17) is 16.3 Å². The number of halogens is 1. The summed E-state index contributed by atoms with van der Waals surface area (Å²) >= 11 is 5.82. The van der Waals surface area contributed by atoms with Gasteiger partial charge in [0.2, 0.25) is 5.88 Å². The third-order valence-corrected chi connectivity index (χ3v) is 2.47. The highest BCUT2D eigenvalue weighted by molar-refractivity contribution is 6.18. The Bertz CT molecular complexity index is 413. The molecule has 0 bridgehead atoms. The maximum Gasteiger partial charge on any atom is 0.221 e. The van der Waals surface area contributed by atoms with Crippen LogP contribution in [0.3, 0.4) is 0 Å². The van der Waals surface area contributed by atoms with E-state index < -0.39 is 0 Å². The lowest BCUT2D eigenvalue weighted by Gasteiger charge is -2.06. The van der Waals surface area contributed by atoms with Crippen molar-refractivity contribution in [1.29, 1.82) is 0 Å².